The maximum atomic E-state index is 5.54. The molecular formula is C9H15N9. The van der Waals surface area contributed by atoms with E-state index in [1.807, 2.05) is 6.20 Å². The number of nitrogens with zero attached hydrogens (tertiary/aromatic N) is 5. The maximum Gasteiger partial charge on any atom is 0.223 e. The summed E-state index contributed by atoms with van der Waals surface area (Å²) < 4.78 is 1.77. The number of aryl methyl sites for hydroxylation is 1. The van der Waals surface area contributed by atoms with Crippen molar-refractivity contribution in [3.8, 4) is 0 Å². The molecule has 0 unspecified atom stereocenters. The Bertz CT molecular complexity index is 481. The number of aromatic nitrogens is 5. The Morgan fingerprint density at radius 1 is 1.28 bits per heavy atom. The van der Waals surface area contributed by atoms with Crippen LogP contribution in [0.4, 0.5) is 17.6 Å². The van der Waals surface area contributed by atoms with Crippen molar-refractivity contribution in [3.63, 3.8) is 0 Å². The third kappa shape index (κ3) is 3.28. The van der Waals surface area contributed by atoms with Crippen LogP contribution in [0.3, 0.4) is 0 Å². The molecular weight excluding hydrogens is 234 g/mol. The molecule has 0 bridgehead atoms. The quantitative estimate of drug-likeness (QED) is 0.304. The summed E-state index contributed by atoms with van der Waals surface area (Å²) in [7, 11) is 0. The fraction of sp³-hybridized carbons (Fsp3) is 0.333. The number of rotatable bonds is 6. The predicted molar refractivity (Wildman–Crippen MR) is 67.4 cm³/mol. The summed E-state index contributed by atoms with van der Waals surface area (Å²) in [4.78, 5) is 7.93. The molecule has 0 saturated heterocycles. The van der Waals surface area contributed by atoms with Gasteiger partial charge in [-0.3, -0.25) is 4.68 Å². The molecule has 0 saturated carbocycles. The van der Waals surface area contributed by atoms with E-state index in [4.69, 9.17) is 11.6 Å². The highest BCUT2D eigenvalue weighted by Crippen LogP contribution is 2.11. The van der Waals surface area contributed by atoms with E-state index >= 15 is 0 Å². The van der Waals surface area contributed by atoms with Gasteiger partial charge in [-0.05, 0) is 6.42 Å². The molecule has 6 N–H and O–H groups in total. The molecule has 9 heteroatoms. The zero-order valence-electron chi connectivity index (χ0n) is 9.74. The number of hydrogen-bond donors (Lipinski definition) is 4. The first-order valence-electron chi connectivity index (χ1n) is 5.47. The molecule has 2 aromatic heterocycles. The second-order valence-electron chi connectivity index (χ2n) is 3.59. The van der Waals surface area contributed by atoms with Gasteiger partial charge in [0.15, 0.2) is 0 Å². The summed E-state index contributed by atoms with van der Waals surface area (Å²) in [5, 5.41) is 10.7. The normalized spacial score (nSPS) is 10.3. The number of hydrogen-bond acceptors (Lipinski definition) is 8. The summed E-state index contributed by atoms with van der Waals surface area (Å²) in [6, 6.07) is 1.69. The molecule has 0 aromatic carbocycles. The minimum absolute atomic E-state index is 0.171. The van der Waals surface area contributed by atoms with Gasteiger partial charge in [-0.1, -0.05) is 5.21 Å². The van der Waals surface area contributed by atoms with Crippen LogP contribution in [0.5, 0.6) is 0 Å². The molecule has 2 heterocycles. The van der Waals surface area contributed by atoms with Crippen LogP contribution in [-0.4, -0.2) is 31.5 Å². The molecule has 2 rings (SSSR count). The molecule has 0 fully saturated rings. The molecule has 0 aliphatic rings. The number of nitrogen functional groups attached to an aromatic ring is 2. The topological polar surface area (TPSA) is 133 Å². The number of nitrogens with two attached hydrogens (primary N) is 2. The van der Waals surface area contributed by atoms with Gasteiger partial charge >= 0.3 is 0 Å². The Morgan fingerprint density at radius 2 is 2.11 bits per heavy atom. The smallest absolute Gasteiger partial charge is 0.223 e. The highest BCUT2D eigenvalue weighted by molar-refractivity contribution is 5.50. The van der Waals surface area contributed by atoms with Gasteiger partial charge in [-0.15, -0.1) is 5.10 Å². The fourth-order valence-electron chi connectivity index (χ4n) is 1.44. The second-order valence-corrected chi connectivity index (χ2v) is 3.59. The highest BCUT2D eigenvalue weighted by Gasteiger charge is 2.00. The average molecular weight is 249 g/mol. The summed E-state index contributed by atoms with van der Waals surface area (Å²) in [6.07, 6.45) is 4.36. The van der Waals surface area contributed by atoms with Crippen molar-refractivity contribution in [3.05, 3.63) is 18.5 Å². The lowest BCUT2D eigenvalue weighted by Gasteiger charge is -2.07. The summed E-state index contributed by atoms with van der Waals surface area (Å²) in [5.41, 5.74) is 7.96. The molecule has 0 atom stereocenters. The van der Waals surface area contributed by atoms with Gasteiger partial charge in [0.1, 0.15) is 11.6 Å². The molecule has 9 nitrogen and oxygen atoms in total. The van der Waals surface area contributed by atoms with Crippen LogP contribution in [0.25, 0.3) is 0 Å². The first kappa shape index (κ1) is 12.0. The van der Waals surface area contributed by atoms with Crippen molar-refractivity contribution >= 4 is 17.6 Å². The van der Waals surface area contributed by atoms with E-state index < -0.39 is 0 Å². The maximum absolute atomic E-state index is 5.54. The van der Waals surface area contributed by atoms with E-state index in [9.17, 15) is 0 Å². The van der Waals surface area contributed by atoms with Crippen LogP contribution in [0.15, 0.2) is 18.5 Å². The molecule has 0 aliphatic heterocycles. The first-order valence-corrected chi connectivity index (χ1v) is 5.47. The summed E-state index contributed by atoms with van der Waals surface area (Å²) >= 11 is 0. The largest absolute Gasteiger partial charge is 0.370 e. The Balaban J connectivity index is 1.81. The van der Waals surface area contributed by atoms with E-state index in [1.54, 1.807) is 16.9 Å². The molecule has 0 spiro atoms. The standard InChI is InChI=1S/C9H15N9/c10-9-14-7(6-8(15-9)16-11)12-2-1-4-18-5-3-13-17-18/h3,5-6H,1-2,4,11H2,(H4,10,12,14,15,16). The Labute approximate surface area is 104 Å². The van der Waals surface area contributed by atoms with Gasteiger partial charge in [0, 0.05) is 25.4 Å². The van der Waals surface area contributed by atoms with E-state index in [-0.39, 0.29) is 5.95 Å². The van der Waals surface area contributed by atoms with E-state index in [0.29, 0.717) is 11.6 Å². The summed E-state index contributed by atoms with van der Waals surface area (Å²) in [5.74, 6) is 6.54. The summed E-state index contributed by atoms with van der Waals surface area (Å²) in [6.45, 7) is 1.52. The van der Waals surface area contributed by atoms with Crippen LogP contribution >= 0.6 is 0 Å². The van der Waals surface area contributed by atoms with E-state index in [2.05, 4.69) is 31.0 Å². The van der Waals surface area contributed by atoms with Crippen molar-refractivity contribution in [2.45, 2.75) is 13.0 Å². The first-order chi connectivity index (χ1) is 8.78. The molecule has 0 amide bonds. The molecule has 96 valence electrons. The van der Waals surface area contributed by atoms with Crippen molar-refractivity contribution in [1.82, 2.24) is 25.0 Å². The average Bonchev–Trinajstić information content (AvgIpc) is 2.87. The van der Waals surface area contributed by atoms with Crippen LogP contribution < -0.4 is 22.3 Å². The van der Waals surface area contributed by atoms with Gasteiger partial charge in [-0.25, -0.2) is 5.84 Å². The Kier molecular flexibility index (Phi) is 3.86. The van der Waals surface area contributed by atoms with Gasteiger partial charge in [0.2, 0.25) is 5.95 Å². The monoisotopic (exact) mass is 249 g/mol. The lowest BCUT2D eigenvalue weighted by atomic mass is 10.4. The third-order valence-corrected chi connectivity index (χ3v) is 2.23. The van der Waals surface area contributed by atoms with Crippen LogP contribution in [0.2, 0.25) is 0 Å². The molecule has 0 aliphatic carbocycles. The van der Waals surface area contributed by atoms with Gasteiger partial charge < -0.3 is 16.5 Å². The van der Waals surface area contributed by atoms with Crippen LogP contribution in [0, 0.1) is 0 Å². The molecule has 0 radical (unpaired) electrons. The van der Waals surface area contributed by atoms with Gasteiger partial charge in [-0.2, -0.15) is 9.97 Å². The number of anilines is 3. The fourth-order valence-corrected chi connectivity index (χ4v) is 1.44. The number of nitrogens with one attached hydrogen (secondary N) is 2. The Hall–Kier alpha value is -2.42. The van der Waals surface area contributed by atoms with Gasteiger partial charge in [0.05, 0.1) is 6.20 Å². The lowest BCUT2D eigenvalue weighted by molar-refractivity contribution is 0.569. The minimum atomic E-state index is 0.171. The van der Waals surface area contributed by atoms with Crippen molar-refractivity contribution in [1.29, 1.82) is 0 Å². The zero-order valence-corrected chi connectivity index (χ0v) is 9.74. The van der Waals surface area contributed by atoms with Crippen LogP contribution in [-0.2, 0) is 6.54 Å². The van der Waals surface area contributed by atoms with Crippen LogP contribution in [0.1, 0.15) is 6.42 Å². The second kappa shape index (κ2) is 5.77. The molecule has 18 heavy (non-hydrogen) atoms. The van der Waals surface area contributed by atoms with Crippen molar-refractivity contribution in [2.24, 2.45) is 5.84 Å². The highest BCUT2D eigenvalue weighted by atomic mass is 15.4. The Morgan fingerprint density at radius 3 is 2.83 bits per heavy atom. The van der Waals surface area contributed by atoms with E-state index in [0.717, 1.165) is 19.5 Å². The van der Waals surface area contributed by atoms with Crippen molar-refractivity contribution < 1.29 is 0 Å². The van der Waals surface area contributed by atoms with Crippen molar-refractivity contribution in [2.75, 3.05) is 23.0 Å². The minimum Gasteiger partial charge on any atom is -0.370 e. The van der Waals surface area contributed by atoms with E-state index in [1.165, 1.54) is 0 Å². The zero-order chi connectivity index (χ0) is 12.8. The third-order valence-electron chi connectivity index (χ3n) is 2.23. The van der Waals surface area contributed by atoms with Gasteiger partial charge in [0.25, 0.3) is 0 Å². The predicted octanol–water partition coefficient (Wildman–Crippen LogP) is -0.562. The number of hydrazine groups is 1. The SMILES string of the molecule is NNc1cc(NCCCn2ccnn2)nc(N)n1. The lowest BCUT2D eigenvalue weighted by Crippen LogP contribution is -2.13. The molecule has 2 aromatic rings.